The van der Waals surface area contributed by atoms with E-state index in [1.54, 1.807) is 24.3 Å². The van der Waals surface area contributed by atoms with Crippen molar-refractivity contribution in [1.82, 2.24) is 5.32 Å². The SMILES string of the molecule is N#CC1=C(N)NC(S)=C(C#N)[C@H]1c1ccccc1Cl. The molecule has 0 fully saturated rings. The molecule has 0 aromatic heterocycles. The van der Waals surface area contributed by atoms with Crippen LogP contribution in [-0.4, -0.2) is 0 Å². The van der Waals surface area contributed by atoms with Gasteiger partial charge in [-0.05, 0) is 11.6 Å². The molecule has 4 nitrogen and oxygen atoms in total. The largest absolute Gasteiger partial charge is 0.384 e. The summed E-state index contributed by atoms with van der Waals surface area (Å²) in [6.45, 7) is 0. The fourth-order valence-electron chi connectivity index (χ4n) is 1.96. The molecule has 0 saturated carbocycles. The van der Waals surface area contributed by atoms with E-state index in [4.69, 9.17) is 17.3 Å². The lowest BCUT2D eigenvalue weighted by Crippen LogP contribution is -2.28. The van der Waals surface area contributed by atoms with Gasteiger partial charge in [-0.25, -0.2) is 0 Å². The highest BCUT2D eigenvalue weighted by molar-refractivity contribution is 7.84. The highest BCUT2D eigenvalue weighted by Crippen LogP contribution is 2.39. The van der Waals surface area contributed by atoms with Gasteiger partial charge >= 0.3 is 0 Å². The van der Waals surface area contributed by atoms with Gasteiger partial charge in [0.25, 0.3) is 0 Å². The Morgan fingerprint density at radius 2 is 1.84 bits per heavy atom. The minimum Gasteiger partial charge on any atom is -0.384 e. The third-order valence-corrected chi connectivity index (χ3v) is 3.53. The van der Waals surface area contributed by atoms with Crippen molar-refractivity contribution in [3.63, 3.8) is 0 Å². The van der Waals surface area contributed by atoms with E-state index >= 15 is 0 Å². The lowest BCUT2D eigenvalue weighted by Gasteiger charge is -2.25. The van der Waals surface area contributed by atoms with Gasteiger partial charge in [0.1, 0.15) is 5.82 Å². The zero-order valence-corrected chi connectivity index (χ0v) is 11.3. The Kier molecular flexibility index (Phi) is 3.71. The van der Waals surface area contributed by atoms with Gasteiger partial charge in [-0.2, -0.15) is 10.5 Å². The molecule has 0 aliphatic carbocycles. The first-order valence-corrected chi connectivity index (χ1v) is 6.17. The van der Waals surface area contributed by atoms with Gasteiger partial charge in [-0.1, -0.05) is 29.8 Å². The van der Waals surface area contributed by atoms with Crippen LogP contribution in [0.15, 0.2) is 46.3 Å². The van der Waals surface area contributed by atoms with Crippen LogP contribution in [-0.2, 0) is 0 Å². The van der Waals surface area contributed by atoms with Crippen LogP contribution in [0, 0.1) is 22.7 Å². The van der Waals surface area contributed by atoms with Crippen molar-refractivity contribution in [2.75, 3.05) is 0 Å². The van der Waals surface area contributed by atoms with Crippen LogP contribution in [0.1, 0.15) is 11.5 Å². The predicted molar refractivity (Wildman–Crippen MR) is 75.8 cm³/mol. The monoisotopic (exact) mass is 288 g/mol. The Hall–Kier alpha value is -2.08. The van der Waals surface area contributed by atoms with Crippen molar-refractivity contribution in [2.24, 2.45) is 5.73 Å². The zero-order chi connectivity index (χ0) is 14.0. The van der Waals surface area contributed by atoms with Crippen molar-refractivity contribution < 1.29 is 0 Å². The van der Waals surface area contributed by atoms with E-state index in [0.29, 0.717) is 21.2 Å². The number of nitriles is 2. The summed E-state index contributed by atoms with van der Waals surface area (Å²) in [6.07, 6.45) is 0. The molecule has 1 aliphatic heterocycles. The van der Waals surface area contributed by atoms with E-state index in [2.05, 4.69) is 24.0 Å². The number of thiol groups is 1. The Morgan fingerprint density at radius 3 is 2.42 bits per heavy atom. The molecule has 1 heterocycles. The number of hydrogen-bond donors (Lipinski definition) is 3. The van der Waals surface area contributed by atoms with Crippen molar-refractivity contribution in [2.45, 2.75) is 5.92 Å². The maximum absolute atomic E-state index is 9.27. The molecule has 0 amide bonds. The van der Waals surface area contributed by atoms with Crippen molar-refractivity contribution in [1.29, 1.82) is 10.5 Å². The highest BCUT2D eigenvalue weighted by atomic mass is 35.5. The molecular weight excluding hydrogens is 280 g/mol. The molecule has 1 atom stereocenters. The highest BCUT2D eigenvalue weighted by Gasteiger charge is 2.31. The Bertz CT molecular complexity index is 643. The quantitative estimate of drug-likeness (QED) is 0.693. The second kappa shape index (κ2) is 5.27. The van der Waals surface area contributed by atoms with Crippen LogP contribution in [0.3, 0.4) is 0 Å². The fraction of sp³-hybridized carbons (Fsp3) is 0.0769. The van der Waals surface area contributed by atoms with Gasteiger partial charge in [0.15, 0.2) is 0 Å². The first-order valence-electron chi connectivity index (χ1n) is 5.34. The number of dihydropyridines is 1. The van der Waals surface area contributed by atoms with Gasteiger partial charge in [-0.3, -0.25) is 0 Å². The summed E-state index contributed by atoms with van der Waals surface area (Å²) in [4.78, 5) is 0. The van der Waals surface area contributed by atoms with Gasteiger partial charge in [0, 0.05) is 5.02 Å². The van der Waals surface area contributed by atoms with E-state index in [-0.39, 0.29) is 11.4 Å². The third-order valence-electron chi connectivity index (χ3n) is 2.83. The number of allylic oxidation sites excluding steroid dienone is 2. The molecule has 0 spiro atoms. The fourth-order valence-corrected chi connectivity index (χ4v) is 2.51. The zero-order valence-electron chi connectivity index (χ0n) is 9.68. The van der Waals surface area contributed by atoms with Crippen LogP contribution in [0.4, 0.5) is 0 Å². The molecule has 0 bridgehead atoms. The number of rotatable bonds is 1. The summed E-state index contributed by atoms with van der Waals surface area (Å²) in [5, 5.41) is 22.1. The molecule has 3 N–H and O–H groups in total. The van der Waals surface area contributed by atoms with Crippen LogP contribution in [0.2, 0.25) is 5.02 Å². The van der Waals surface area contributed by atoms with Crippen LogP contribution in [0.5, 0.6) is 0 Å². The molecule has 6 heteroatoms. The predicted octanol–water partition coefficient (Wildman–Crippen LogP) is 2.39. The van der Waals surface area contributed by atoms with E-state index in [1.165, 1.54) is 0 Å². The number of nitrogens with zero attached hydrogens (tertiary/aromatic N) is 2. The number of nitrogens with one attached hydrogen (secondary N) is 1. The van der Waals surface area contributed by atoms with Crippen LogP contribution in [0.25, 0.3) is 0 Å². The number of hydrogen-bond acceptors (Lipinski definition) is 5. The number of benzene rings is 1. The first kappa shape index (κ1) is 13.4. The minimum atomic E-state index is -0.586. The normalized spacial score (nSPS) is 18.6. The molecule has 94 valence electrons. The molecule has 0 radical (unpaired) electrons. The average molecular weight is 289 g/mol. The molecule has 0 saturated heterocycles. The maximum Gasteiger partial charge on any atom is 0.116 e. The smallest absolute Gasteiger partial charge is 0.116 e. The molecule has 19 heavy (non-hydrogen) atoms. The lowest BCUT2D eigenvalue weighted by atomic mass is 9.84. The van der Waals surface area contributed by atoms with Crippen molar-refractivity contribution >= 4 is 24.2 Å². The Labute approximate surface area is 121 Å². The minimum absolute atomic E-state index is 0.191. The standard InChI is InChI=1S/C13H9ClN4S/c14-10-4-2-1-3-7(10)11-8(5-15)12(17)18-13(19)9(11)6-16/h1-4,11,18-19H,17H2/t11-/m0/s1. The Morgan fingerprint density at radius 1 is 1.21 bits per heavy atom. The third kappa shape index (κ3) is 2.26. The summed E-state index contributed by atoms with van der Waals surface area (Å²) in [7, 11) is 0. The van der Waals surface area contributed by atoms with Crippen LogP contribution >= 0.6 is 24.2 Å². The second-order valence-electron chi connectivity index (χ2n) is 3.89. The van der Waals surface area contributed by atoms with Crippen molar-refractivity contribution in [3.8, 4) is 12.1 Å². The second-order valence-corrected chi connectivity index (χ2v) is 4.75. The molecule has 1 aromatic rings. The topological polar surface area (TPSA) is 85.6 Å². The summed E-state index contributed by atoms with van der Waals surface area (Å²) in [5.74, 6) is -0.395. The van der Waals surface area contributed by atoms with Gasteiger partial charge < -0.3 is 11.1 Å². The van der Waals surface area contributed by atoms with Gasteiger partial charge in [0.2, 0.25) is 0 Å². The summed E-state index contributed by atoms with van der Waals surface area (Å²) in [5.41, 5.74) is 7.03. The molecule has 1 aliphatic rings. The average Bonchev–Trinajstić information content (AvgIpc) is 2.38. The van der Waals surface area contributed by atoms with E-state index in [0.717, 1.165) is 0 Å². The number of halogens is 1. The molecular formula is C13H9ClN4S. The molecule has 0 unspecified atom stereocenters. The van der Waals surface area contributed by atoms with E-state index in [9.17, 15) is 10.5 Å². The Balaban J connectivity index is 2.69. The van der Waals surface area contributed by atoms with Gasteiger partial charge in [0.05, 0.1) is 34.2 Å². The first-order chi connectivity index (χ1) is 9.10. The summed E-state index contributed by atoms with van der Waals surface area (Å²) >= 11 is 10.3. The molecule has 2 rings (SSSR count). The maximum atomic E-state index is 9.27. The van der Waals surface area contributed by atoms with E-state index in [1.807, 2.05) is 6.07 Å². The lowest BCUT2D eigenvalue weighted by molar-refractivity contribution is 0.842. The summed E-state index contributed by atoms with van der Waals surface area (Å²) in [6, 6.07) is 11.1. The molecule has 1 aromatic carbocycles. The summed E-state index contributed by atoms with van der Waals surface area (Å²) < 4.78 is 0. The van der Waals surface area contributed by atoms with Crippen LogP contribution < -0.4 is 11.1 Å². The van der Waals surface area contributed by atoms with E-state index < -0.39 is 5.92 Å². The number of nitrogens with two attached hydrogens (primary N) is 1. The van der Waals surface area contributed by atoms with Crippen molar-refractivity contribution in [3.05, 3.63) is 56.8 Å². The van der Waals surface area contributed by atoms with Gasteiger partial charge in [-0.15, -0.1) is 12.6 Å².